The molecule has 0 spiro atoms. The van der Waals surface area contributed by atoms with Gasteiger partial charge < -0.3 is 10.4 Å². The fourth-order valence-corrected chi connectivity index (χ4v) is 2.10. The molecule has 0 aliphatic carbocycles. The number of rotatable bonds is 5. The Morgan fingerprint density at radius 1 is 1.55 bits per heavy atom. The van der Waals surface area contributed by atoms with Crippen molar-refractivity contribution in [2.45, 2.75) is 12.5 Å². The standard InChI is InChI=1S/C16H18ClN3O2/c1-16(22,13-9-19-20(2)10-13)11-18-15(21)7-6-12-4-3-5-14(17)8-12/h3-10,22H,11H2,1-2H3,(H,18,21)/b7-6+. The van der Waals surface area contributed by atoms with Crippen molar-refractivity contribution in [2.75, 3.05) is 6.54 Å². The van der Waals surface area contributed by atoms with E-state index in [1.54, 1.807) is 49.3 Å². The number of aromatic nitrogens is 2. The van der Waals surface area contributed by atoms with Crippen LogP contribution in [0.15, 0.2) is 42.7 Å². The predicted molar refractivity (Wildman–Crippen MR) is 86.3 cm³/mol. The molecule has 2 rings (SSSR count). The van der Waals surface area contributed by atoms with E-state index in [0.29, 0.717) is 10.6 Å². The second kappa shape index (κ2) is 6.77. The summed E-state index contributed by atoms with van der Waals surface area (Å²) in [5.41, 5.74) is 0.309. The lowest BCUT2D eigenvalue weighted by molar-refractivity contribution is -0.117. The third kappa shape index (κ3) is 4.44. The lowest BCUT2D eigenvalue weighted by Crippen LogP contribution is -2.37. The smallest absolute Gasteiger partial charge is 0.244 e. The van der Waals surface area contributed by atoms with Gasteiger partial charge in [0.1, 0.15) is 5.60 Å². The molecule has 0 fully saturated rings. The molecule has 0 aliphatic rings. The Morgan fingerprint density at radius 2 is 2.32 bits per heavy atom. The monoisotopic (exact) mass is 319 g/mol. The Labute approximate surface area is 134 Å². The molecule has 116 valence electrons. The molecule has 1 atom stereocenters. The summed E-state index contributed by atoms with van der Waals surface area (Å²) in [6.45, 7) is 1.72. The number of nitrogens with one attached hydrogen (secondary N) is 1. The van der Waals surface area contributed by atoms with Crippen molar-refractivity contribution >= 4 is 23.6 Å². The zero-order valence-electron chi connectivity index (χ0n) is 12.5. The summed E-state index contributed by atoms with van der Waals surface area (Å²) < 4.78 is 1.60. The molecule has 2 aromatic rings. The van der Waals surface area contributed by atoms with Gasteiger partial charge in [0.15, 0.2) is 0 Å². The minimum absolute atomic E-state index is 0.0947. The molecule has 0 saturated carbocycles. The van der Waals surface area contributed by atoms with Crippen LogP contribution in [0, 0.1) is 0 Å². The molecule has 0 radical (unpaired) electrons. The number of carbonyl (C=O) groups excluding carboxylic acids is 1. The summed E-state index contributed by atoms with van der Waals surface area (Å²) in [6, 6.07) is 7.19. The van der Waals surface area contributed by atoms with E-state index >= 15 is 0 Å². The van der Waals surface area contributed by atoms with E-state index in [1.165, 1.54) is 6.08 Å². The van der Waals surface area contributed by atoms with Crippen LogP contribution in [0.2, 0.25) is 5.02 Å². The number of amides is 1. The predicted octanol–water partition coefficient (Wildman–Crippen LogP) is 2.11. The van der Waals surface area contributed by atoms with Crippen molar-refractivity contribution in [2.24, 2.45) is 7.05 Å². The molecule has 0 bridgehead atoms. The number of halogens is 1. The molecule has 6 heteroatoms. The highest BCUT2D eigenvalue weighted by atomic mass is 35.5. The summed E-state index contributed by atoms with van der Waals surface area (Å²) >= 11 is 5.88. The lowest BCUT2D eigenvalue weighted by Gasteiger charge is -2.21. The first-order chi connectivity index (χ1) is 10.4. The largest absolute Gasteiger partial charge is 0.383 e. The quantitative estimate of drug-likeness (QED) is 0.829. The van der Waals surface area contributed by atoms with Crippen molar-refractivity contribution in [3.8, 4) is 0 Å². The fraction of sp³-hybridized carbons (Fsp3) is 0.250. The Hall–Kier alpha value is -2.11. The van der Waals surface area contributed by atoms with Crippen LogP contribution < -0.4 is 5.32 Å². The van der Waals surface area contributed by atoms with Gasteiger partial charge in [-0.2, -0.15) is 5.10 Å². The molecule has 5 nitrogen and oxygen atoms in total. The van der Waals surface area contributed by atoms with E-state index in [-0.39, 0.29) is 12.5 Å². The van der Waals surface area contributed by atoms with Gasteiger partial charge >= 0.3 is 0 Å². The van der Waals surface area contributed by atoms with E-state index < -0.39 is 5.60 Å². The number of carbonyl (C=O) groups is 1. The van der Waals surface area contributed by atoms with E-state index in [9.17, 15) is 9.90 Å². The van der Waals surface area contributed by atoms with Crippen LogP contribution in [-0.4, -0.2) is 27.3 Å². The summed E-state index contributed by atoms with van der Waals surface area (Å²) in [5, 5.41) is 17.7. The van der Waals surface area contributed by atoms with Crippen LogP contribution in [0.5, 0.6) is 0 Å². The van der Waals surface area contributed by atoms with Crippen LogP contribution in [0.25, 0.3) is 6.08 Å². The van der Waals surface area contributed by atoms with E-state index in [4.69, 9.17) is 11.6 Å². The zero-order chi connectivity index (χ0) is 16.2. The molecule has 1 unspecified atom stereocenters. The molecule has 0 saturated heterocycles. The van der Waals surface area contributed by atoms with Gasteiger partial charge in [-0.05, 0) is 30.7 Å². The number of aliphatic hydroxyl groups is 1. The van der Waals surface area contributed by atoms with Gasteiger partial charge in [-0.1, -0.05) is 23.7 Å². The maximum absolute atomic E-state index is 11.8. The Morgan fingerprint density at radius 3 is 2.95 bits per heavy atom. The molecule has 1 heterocycles. The molecular formula is C16H18ClN3O2. The Kier molecular flexibility index (Phi) is 5.00. The molecular weight excluding hydrogens is 302 g/mol. The average Bonchev–Trinajstić information content (AvgIpc) is 2.91. The van der Waals surface area contributed by atoms with Crippen molar-refractivity contribution in [1.29, 1.82) is 0 Å². The Balaban J connectivity index is 1.92. The minimum Gasteiger partial charge on any atom is -0.383 e. The number of aryl methyl sites for hydroxylation is 1. The van der Waals surface area contributed by atoms with Gasteiger partial charge in [0, 0.05) is 29.9 Å². The lowest BCUT2D eigenvalue weighted by atomic mass is 10.00. The van der Waals surface area contributed by atoms with Gasteiger partial charge in [-0.3, -0.25) is 9.48 Å². The fourth-order valence-electron chi connectivity index (χ4n) is 1.90. The van der Waals surface area contributed by atoms with Gasteiger partial charge in [0.05, 0.1) is 12.7 Å². The first-order valence-electron chi connectivity index (χ1n) is 6.80. The first kappa shape index (κ1) is 16.3. The summed E-state index contributed by atoms with van der Waals surface area (Å²) in [4.78, 5) is 11.8. The SMILES string of the molecule is Cn1cc(C(C)(O)CNC(=O)/C=C/c2cccc(Cl)c2)cn1. The van der Waals surface area contributed by atoms with Crippen molar-refractivity contribution in [3.63, 3.8) is 0 Å². The summed E-state index contributed by atoms with van der Waals surface area (Å²) in [7, 11) is 1.77. The third-order valence-electron chi connectivity index (χ3n) is 3.21. The summed E-state index contributed by atoms with van der Waals surface area (Å²) in [6.07, 6.45) is 6.37. The number of hydrogen-bond donors (Lipinski definition) is 2. The van der Waals surface area contributed by atoms with Crippen LogP contribution in [-0.2, 0) is 17.4 Å². The number of nitrogens with zero attached hydrogens (tertiary/aromatic N) is 2. The van der Waals surface area contributed by atoms with E-state index in [2.05, 4.69) is 10.4 Å². The van der Waals surface area contributed by atoms with Crippen molar-refractivity contribution < 1.29 is 9.90 Å². The molecule has 2 N–H and O–H groups in total. The highest BCUT2D eigenvalue weighted by Gasteiger charge is 2.24. The van der Waals surface area contributed by atoms with Crippen molar-refractivity contribution in [1.82, 2.24) is 15.1 Å². The highest BCUT2D eigenvalue weighted by molar-refractivity contribution is 6.30. The maximum Gasteiger partial charge on any atom is 0.244 e. The van der Waals surface area contributed by atoms with E-state index in [1.807, 2.05) is 12.1 Å². The molecule has 0 aliphatic heterocycles. The van der Waals surface area contributed by atoms with Crippen molar-refractivity contribution in [3.05, 3.63) is 58.9 Å². The molecule has 22 heavy (non-hydrogen) atoms. The highest BCUT2D eigenvalue weighted by Crippen LogP contribution is 2.18. The normalized spacial score (nSPS) is 14.0. The number of benzene rings is 1. The average molecular weight is 320 g/mol. The van der Waals surface area contributed by atoms with Crippen LogP contribution in [0.3, 0.4) is 0 Å². The minimum atomic E-state index is -1.17. The summed E-state index contributed by atoms with van der Waals surface area (Å²) in [5.74, 6) is -0.288. The molecule has 1 aromatic heterocycles. The van der Waals surface area contributed by atoms with Gasteiger partial charge in [-0.15, -0.1) is 0 Å². The maximum atomic E-state index is 11.8. The molecule has 1 amide bonds. The van der Waals surface area contributed by atoms with Crippen LogP contribution in [0.4, 0.5) is 0 Å². The second-order valence-electron chi connectivity index (χ2n) is 5.28. The number of hydrogen-bond acceptors (Lipinski definition) is 3. The van der Waals surface area contributed by atoms with E-state index in [0.717, 1.165) is 5.56 Å². The van der Waals surface area contributed by atoms with Gasteiger partial charge in [-0.25, -0.2) is 0 Å². The first-order valence-corrected chi connectivity index (χ1v) is 7.17. The van der Waals surface area contributed by atoms with Gasteiger partial charge in [0.25, 0.3) is 0 Å². The zero-order valence-corrected chi connectivity index (χ0v) is 13.2. The molecule has 1 aromatic carbocycles. The van der Waals surface area contributed by atoms with Crippen LogP contribution >= 0.6 is 11.6 Å². The van der Waals surface area contributed by atoms with Crippen LogP contribution in [0.1, 0.15) is 18.1 Å². The van der Waals surface area contributed by atoms with Gasteiger partial charge in [0.2, 0.25) is 5.91 Å². The second-order valence-corrected chi connectivity index (χ2v) is 5.72. The third-order valence-corrected chi connectivity index (χ3v) is 3.44. The topological polar surface area (TPSA) is 67.2 Å². The Bertz CT molecular complexity index is 692.